The third kappa shape index (κ3) is 8.77. The van der Waals surface area contributed by atoms with Gasteiger partial charge in [-0.1, -0.05) is 51.9 Å². The van der Waals surface area contributed by atoms with Crippen LogP contribution in [0, 0.1) is 0 Å². The molecule has 0 aliphatic carbocycles. The minimum atomic E-state index is 0.365. The predicted molar refractivity (Wildman–Crippen MR) is 83.1 cm³/mol. The highest BCUT2D eigenvalue weighted by atomic mass is 14.6. The van der Waals surface area contributed by atoms with Crippen molar-refractivity contribution >= 4 is 0 Å². The molecule has 2 nitrogen and oxygen atoms in total. The zero-order valence-corrected chi connectivity index (χ0v) is 12.5. The van der Waals surface area contributed by atoms with Crippen molar-refractivity contribution in [1.29, 1.82) is 0 Å². The molecule has 1 aromatic heterocycles. The van der Waals surface area contributed by atoms with Gasteiger partial charge in [0.25, 0.3) is 0 Å². The van der Waals surface area contributed by atoms with Gasteiger partial charge in [0.15, 0.2) is 0 Å². The Morgan fingerprint density at radius 1 is 0.947 bits per heavy atom. The molecule has 1 atom stereocenters. The quantitative estimate of drug-likeness (QED) is 0.597. The number of nitrogens with zero attached hydrogens (tertiary/aromatic N) is 1. The van der Waals surface area contributed by atoms with E-state index < -0.39 is 0 Å². The first-order chi connectivity index (χ1) is 9.33. The van der Waals surface area contributed by atoms with Crippen molar-refractivity contribution in [1.82, 2.24) is 4.98 Å². The number of nitrogens with two attached hydrogens (primary N) is 1. The molecule has 0 aromatic carbocycles. The number of rotatable bonds is 11. The normalized spacial score (nSPS) is 12.5. The molecule has 19 heavy (non-hydrogen) atoms. The van der Waals surface area contributed by atoms with E-state index in [1.54, 1.807) is 0 Å². The Balaban J connectivity index is 1.95. The molecule has 108 valence electrons. The van der Waals surface area contributed by atoms with Crippen LogP contribution in [0.2, 0.25) is 0 Å². The summed E-state index contributed by atoms with van der Waals surface area (Å²) in [6.45, 7) is 2.27. The van der Waals surface area contributed by atoms with Crippen molar-refractivity contribution in [2.24, 2.45) is 5.73 Å². The molecule has 0 aliphatic rings. The number of hydrogen-bond acceptors (Lipinski definition) is 2. The van der Waals surface area contributed by atoms with Crippen molar-refractivity contribution < 1.29 is 0 Å². The molecule has 1 heterocycles. The molecule has 0 saturated carbocycles. The summed E-state index contributed by atoms with van der Waals surface area (Å²) in [4.78, 5) is 4.03. The molecule has 0 spiro atoms. The highest BCUT2D eigenvalue weighted by Crippen LogP contribution is 2.11. The summed E-state index contributed by atoms with van der Waals surface area (Å²) < 4.78 is 0. The monoisotopic (exact) mass is 262 g/mol. The average molecular weight is 262 g/mol. The van der Waals surface area contributed by atoms with E-state index in [1.165, 1.54) is 56.9 Å². The first-order valence-electron chi connectivity index (χ1n) is 7.97. The topological polar surface area (TPSA) is 38.9 Å². The zero-order chi connectivity index (χ0) is 13.8. The number of pyridine rings is 1. The van der Waals surface area contributed by atoms with Gasteiger partial charge in [-0.3, -0.25) is 4.98 Å². The Kier molecular flexibility index (Phi) is 9.34. The van der Waals surface area contributed by atoms with Crippen molar-refractivity contribution in [3.63, 3.8) is 0 Å². The van der Waals surface area contributed by atoms with Crippen molar-refractivity contribution in [2.45, 2.75) is 77.2 Å². The van der Waals surface area contributed by atoms with Gasteiger partial charge in [0.2, 0.25) is 0 Å². The first-order valence-corrected chi connectivity index (χ1v) is 7.97. The van der Waals surface area contributed by atoms with Crippen LogP contribution >= 0.6 is 0 Å². The van der Waals surface area contributed by atoms with E-state index in [9.17, 15) is 0 Å². The van der Waals surface area contributed by atoms with Crippen LogP contribution in [0.4, 0.5) is 0 Å². The minimum Gasteiger partial charge on any atom is -0.328 e. The van der Waals surface area contributed by atoms with Gasteiger partial charge in [0, 0.05) is 18.4 Å². The third-order valence-electron chi connectivity index (χ3n) is 3.73. The van der Waals surface area contributed by atoms with E-state index in [0.29, 0.717) is 6.04 Å². The Labute approximate surface area is 118 Å². The van der Waals surface area contributed by atoms with Crippen molar-refractivity contribution in [3.8, 4) is 0 Å². The fourth-order valence-corrected chi connectivity index (χ4v) is 2.41. The van der Waals surface area contributed by atoms with Crippen LogP contribution < -0.4 is 5.73 Å². The summed E-state index contributed by atoms with van der Waals surface area (Å²) in [5.74, 6) is 0. The van der Waals surface area contributed by atoms with Crippen LogP contribution in [-0.2, 0) is 6.42 Å². The molecule has 2 N–H and O–H groups in total. The molecule has 0 fully saturated rings. The molecule has 0 aliphatic heterocycles. The van der Waals surface area contributed by atoms with Gasteiger partial charge in [0.1, 0.15) is 0 Å². The number of unbranched alkanes of at least 4 members (excludes halogenated alkanes) is 6. The highest BCUT2D eigenvalue weighted by Gasteiger charge is 2.03. The Hall–Kier alpha value is -0.890. The van der Waals surface area contributed by atoms with Crippen molar-refractivity contribution in [3.05, 3.63) is 30.1 Å². The van der Waals surface area contributed by atoms with Gasteiger partial charge in [-0.05, 0) is 37.0 Å². The summed E-state index contributed by atoms with van der Waals surface area (Å²) in [7, 11) is 0. The van der Waals surface area contributed by atoms with E-state index in [1.807, 2.05) is 12.4 Å². The average Bonchev–Trinajstić information content (AvgIpc) is 2.45. The van der Waals surface area contributed by atoms with Crippen LogP contribution in [0.3, 0.4) is 0 Å². The Morgan fingerprint density at radius 2 is 1.58 bits per heavy atom. The number of aryl methyl sites for hydroxylation is 1. The van der Waals surface area contributed by atoms with Gasteiger partial charge in [-0.2, -0.15) is 0 Å². The van der Waals surface area contributed by atoms with E-state index in [0.717, 1.165) is 12.8 Å². The minimum absolute atomic E-state index is 0.365. The van der Waals surface area contributed by atoms with Crippen LogP contribution in [0.5, 0.6) is 0 Å². The van der Waals surface area contributed by atoms with E-state index in [2.05, 4.69) is 24.0 Å². The molecule has 0 bridgehead atoms. The van der Waals surface area contributed by atoms with Gasteiger partial charge in [-0.15, -0.1) is 0 Å². The van der Waals surface area contributed by atoms with Gasteiger partial charge in [0.05, 0.1) is 0 Å². The van der Waals surface area contributed by atoms with Crippen LogP contribution in [0.1, 0.15) is 70.3 Å². The molecule has 1 aromatic rings. The molecule has 2 heteroatoms. The summed E-state index contributed by atoms with van der Waals surface area (Å²) in [6.07, 6.45) is 16.6. The Bertz CT molecular complexity index is 297. The summed E-state index contributed by atoms with van der Waals surface area (Å²) in [6, 6.07) is 4.53. The summed E-state index contributed by atoms with van der Waals surface area (Å²) in [5, 5.41) is 0. The lowest BCUT2D eigenvalue weighted by atomic mass is 10.0. The molecule has 1 rings (SSSR count). The fraction of sp³-hybridized carbons (Fsp3) is 0.706. The van der Waals surface area contributed by atoms with E-state index in [4.69, 9.17) is 5.73 Å². The lowest BCUT2D eigenvalue weighted by molar-refractivity contribution is 0.510. The maximum absolute atomic E-state index is 6.17. The van der Waals surface area contributed by atoms with Gasteiger partial charge in [-0.25, -0.2) is 0 Å². The second-order valence-electron chi connectivity index (χ2n) is 5.56. The van der Waals surface area contributed by atoms with E-state index >= 15 is 0 Å². The SMILES string of the molecule is CCCCCCCCCC(N)CCc1ccncc1. The zero-order valence-electron chi connectivity index (χ0n) is 12.5. The summed E-state index contributed by atoms with van der Waals surface area (Å²) in [5.41, 5.74) is 7.52. The smallest absolute Gasteiger partial charge is 0.0270 e. The first kappa shape index (κ1) is 16.2. The van der Waals surface area contributed by atoms with Gasteiger partial charge >= 0.3 is 0 Å². The summed E-state index contributed by atoms with van der Waals surface area (Å²) >= 11 is 0. The highest BCUT2D eigenvalue weighted by molar-refractivity contribution is 5.09. The van der Waals surface area contributed by atoms with Crippen LogP contribution in [0.15, 0.2) is 24.5 Å². The molecular weight excluding hydrogens is 232 g/mol. The Morgan fingerprint density at radius 3 is 2.26 bits per heavy atom. The maximum Gasteiger partial charge on any atom is 0.0270 e. The third-order valence-corrected chi connectivity index (χ3v) is 3.73. The lowest BCUT2D eigenvalue weighted by Crippen LogP contribution is -2.20. The largest absolute Gasteiger partial charge is 0.328 e. The molecule has 0 radical (unpaired) electrons. The molecule has 0 amide bonds. The van der Waals surface area contributed by atoms with Crippen molar-refractivity contribution in [2.75, 3.05) is 0 Å². The lowest BCUT2D eigenvalue weighted by Gasteiger charge is -2.11. The number of hydrogen-bond donors (Lipinski definition) is 1. The van der Waals surface area contributed by atoms with E-state index in [-0.39, 0.29) is 0 Å². The molecular formula is C17H30N2. The van der Waals surface area contributed by atoms with Gasteiger partial charge < -0.3 is 5.73 Å². The second-order valence-corrected chi connectivity index (χ2v) is 5.56. The predicted octanol–water partition coefficient (Wildman–Crippen LogP) is 4.48. The second kappa shape index (κ2) is 11.0. The molecule has 0 saturated heterocycles. The maximum atomic E-state index is 6.17. The standard InChI is InChI=1S/C17H30N2/c1-2-3-4-5-6-7-8-9-17(18)11-10-16-12-14-19-15-13-16/h12-15,17H,2-11,18H2,1H3. The fourth-order valence-electron chi connectivity index (χ4n) is 2.41. The van der Waals surface area contributed by atoms with Crippen LogP contribution in [-0.4, -0.2) is 11.0 Å². The number of aromatic nitrogens is 1. The molecule has 1 unspecified atom stereocenters. The van der Waals surface area contributed by atoms with Crippen LogP contribution in [0.25, 0.3) is 0 Å².